The zero-order chi connectivity index (χ0) is 13.9. The highest BCUT2D eigenvalue weighted by atomic mass is 15.2. The molecule has 2 aromatic rings. The zero-order valence-corrected chi connectivity index (χ0v) is 11.8. The standard InChI is InChI=1S/C16H20N4/c1-2-15-18-14(17)11-16(19-15)20-10-6-5-8-12-7-3-4-9-13(12)20/h3-4,7,9,11H,2,5-6,8,10H2,1H3,(H2,17,18,19). The fraction of sp³-hybridized carbons (Fsp3) is 0.375. The van der Waals surface area contributed by atoms with Gasteiger partial charge in [-0.15, -0.1) is 0 Å². The normalized spacial score (nSPS) is 14.8. The minimum absolute atomic E-state index is 0.550. The van der Waals surface area contributed by atoms with E-state index in [1.165, 1.54) is 24.1 Å². The maximum atomic E-state index is 5.92. The van der Waals surface area contributed by atoms with Crippen LogP contribution in [0.4, 0.5) is 17.3 Å². The molecule has 0 spiro atoms. The molecule has 4 heteroatoms. The highest BCUT2D eigenvalue weighted by molar-refractivity contribution is 5.66. The first kappa shape index (κ1) is 12.9. The molecule has 1 aliphatic rings. The first-order valence-electron chi connectivity index (χ1n) is 7.27. The van der Waals surface area contributed by atoms with E-state index in [-0.39, 0.29) is 0 Å². The van der Waals surface area contributed by atoms with Crippen LogP contribution in [0.15, 0.2) is 30.3 Å². The Bertz CT molecular complexity index is 609. The number of aromatic nitrogens is 2. The SMILES string of the molecule is CCc1nc(N)cc(N2CCCCc3ccccc32)n1. The fourth-order valence-corrected chi connectivity index (χ4v) is 2.73. The van der Waals surface area contributed by atoms with Crippen molar-refractivity contribution >= 4 is 17.3 Å². The van der Waals surface area contributed by atoms with E-state index in [2.05, 4.69) is 46.1 Å². The van der Waals surface area contributed by atoms with Crippen LogP contribution in [0.1, 0.15) is 31.2 Å². The third-order valence-corrected chi connectivity index (χ3v) is 3.73. The number of hydrogen-bond donors (Lipinski definition) is 1. The summed E-state index contributed by atoms with van der Waals surface area (Å²) in [6.07, 6.45) is 4.32. The first-order valence-corrected chi connectivity index (χ1v) is 7.27. The molecule has 0 saturated carbocycles. The summed E-state index contributed by atoms with van der Waals surface area (Å²) in [5, 5.41) is 0. The smallest absolute Gasteiger partial charge is 0.138 e. The van der Waals surface area contributed by atoms with Crippen molar-refractivity contribution in [2.45, 2.75) is 32.6 Å². The molecule has 0 atom stereocenters. The Morgan fingerprint density at radius 1 is 1.20 bits per heavy atom. The van der Waals surface area contributed by atoms with Crippen molar-refractivity contribution in [3.8, 4) is 0 Å². The molecule has 0 bridgehead atoms. The van der Waals surface area contributed by atoms with E-state index in [0.29, 0.717) is 5.82 Å². The van der Waals surface area contributed by atoms with Crippen molar-refractivity contribution in [3.05, 3.63) is 41.7 Å². The predicted octanol–water partition coefficient (Wildman–Crippen LogP) is 3.10. The predicted molar refractivity (Wildman–Crippen MR) is 82.2 cm³/mol. The van der Waals surface area contributed by atoms with Crippen LogP contribution in [0.25, 0.3) is 0 Å². The Kier molecular flexibility index (Phi) is 3.54. The lowest BCUT2D eigenvalue weighted by Gasteiger charge is -2.24. The second-order valence-electron chi connectivity index (χ2n) is 5.16. The molecule has 3 rings (SSSR count). The van der Waals surface area contributed by atoms with Gasteiger partial charge in [0.05, 0.1) is 0 Å². The van der Waals surface area contributed by atoms with E-state index in [1.807, 2.05) is 6.07 Å². The molecule has 0 unspecified atom stereocenters. The van der Waals surface area contributed by atoms with Gasteiger partial charge in [-0.1, -0.05) is 25.1 Å². The van der Waals surface area contributed by atoms with Crippen molar-refractivity contribution in [3.63, 3.8) is 0 Å². The number of fused-ring (bicyclic) bond motifs is 1. The van der Waals surface area contributed by atoms with Crippen LogP contribution < -0.4 is 10.6 Å². The van der Waals surface area contributed by atoms with E-state index in [0.717, 1.165) is 31.0 Å². The Hall–Kier alpha value is -2.10. The lowest BCUT2D eigenvalue weighted by molar-refractivity contribution is 0.755. The monoisotopic (exact) mass is 268 g/mol. The van der Waals surface area contributed by atoms with Crippen molar-refractivity contribution in [1.82, 2.24) is 9.97 Å². The van der Waals surface area contributed by atoms with Gasteiger partial charge in [-0.25, -0.2) is 9.97 Å². The summed E-state index contributed by atoms with van der Waals surface area (Å²) in [6.45, 7) is 3.03. The first-order chi connectivity index (χ1) is 9.78. The van der Waals surface area contributed by atoms with E-state index in [1.54, 1.807) is 0 Å². The lowest BCUT2D eigenvalue weighted by Crippen LogP contribution is -2.20. The molecule has 20 heavy (non-hydrogen) atoms. The Balaban J connectivity index is 2.07. The van der Waals surface area contributed by atoms with Gasteiger partial charge in [-0.2, -0.15) is 0 Å². The van der Waals surface area contributed by atoms with Crippen LogP contribution in [0.3, 0.4) is 0 Å². The molecular formula is C16H20N4. The van der Waals surface area contributed by atoms with E-state index < -0.39 is 0 Å². The van der Waals surface area contributed by atoms with Crippen LogP contribution in [0.2, 0.25) is 0 Å². The molecule has 1 aromatic carbocycles. The van der Waals surface area contributed by atoms with Crippen LogP contribution >= 0.6 is 0 Å². The second kappa shape index (κ2) is 5.49. The molecule has 2 heterocycles. The van der Waals surface area contributed by atoms with Crippen LogP contribution in [-0.4, -0.2) is 16.5 Å². The molecule has 1 aliphatic heterocycles. The number of nitrogen functional groups attached to an aromatic ring is 1. The third kappa shape index (κ3) is 2.46. The van der Waals surface area contributed by atoms with E-state index in [4.69, 9.17) is 5.73 Å². The molecule has 104 valence electrons. The van der Waals surface area contributed by atoms with E-state index >= 15 is 0 Å². The molecule has 0 fully saturated rings. The summed E-state index contributed by atoms with van der Waals surface area (Å²) in [5.41, 5.74) is 8.57. The number of benzene rings is 1. The average molecular weight is 268 g/mol. The summed E-state index contributed by atoms with van der Waals surface area (Å²) in [5.74, 6) is 2.28. The number of nitrogens with two attached hydrogens (primary N) is 1. The Morgan fingerprint density at radius 3 is 2.90 bits per heavy atom. The van der Waals surface area contributed by atoms with Gasteiger partial charge < -0.3 is 10.6 Å². The second-order valence-corrected chi connectivity index (χ2v) is 5.16. The summed E-state index contributed by atoms with van der Waals surface area (Å²) in [7, 11) is 0. The van der Waals surface area contributed by atoms with Gasteiger partial charge in [0.1, 0.15) is 17.5 Å². The van der Waals surface area contributed by atoms with Crippen molar-refractivity contribution < 1.29 is 0 Å². The molecular weight excluding hydrogens is 248 g/mol. The minimum Gasteiger partial charge on any atom is -0.384 e. The van der Waals surface area contributed by atoms with Crippen molar-refractivity contribution in [1.29, 1.82) is 0 Å². The van der Waals surface area contributed by atoms with Crippen LogP contribution in [-0.2, 0) is 12.8 Å². The Morgan fingerprint density at radius 2 is 2.05 bits per heavy atom. The number of para-hydroxylation sites is 1. The molecule has 2 N–H and O–H groups in total. The van der Waals surface area contributed by atoms with Gasteiger partial charge in [0.2, 0.25) is 0 Å². The fourth-order valence-electron chi connectivity index (χ4n) is 2.73. The topological polar surface area (TPSA) is 55.0 Å². The molecule has 0 aliphatic carbocycles. The largest absolute Gasteiger partial charge is 0.384 e. The number of nitrogens with zero attached hydrogens (tertiary/aromatic N) is 3. The maximum absolute atomic E-state index is 5.92. The molecule has 0 radical (unpaired) electrons. The number of anilines is 3. The summed E-state index contributed by atoms with van der Waals surface area (Å²) in [6, 6.07) is 10.4. The van der Waals surface area contributed by atoms with Gasteiger partial charge in [-0.05, 0) is 30.9 Å². The molecule has 0 saturated heterocycles. The van der Waals surface area contributed by atoms with Gasteiger partial charge in [0.25, 0.3) is 0 Å². The number of hydrogen-bond acceptors (Lipinski definition) is 4. The highest BCUT2D eigenvalue weighted by Gasteiger charge is 2.18. The summed E-state index contributed by atoms with van der Waals surface area (Å²) < 4.78 is 0. The van der Waals surface area contributed by atoms with E-state index in [9.17, 15) is 0 Å². The molecule has 1 aromatic heterocycles. The summed E-state index contributed by atoms with van der Waals surface area (Å²) in [4.78, 5) is 11.2. The number of aryl methyl sites for hydroxylation is 2. The van der Waals surface area contributed by atoms with Gasteiger partial charge in [-0.3, -0.25) is 0 Å². The van der Waals surface area contributed by atoms with Crippen LogP contribution in [0, 0.1) is 0 Å². The third-order valence-electron chi connectivity index (χ3n) is 3.73. The maximum Gasteiger partial charge on any atom is 0.138 e. The summed E-state index contributed by atoms with van der Waals surface area (Å²) >= 11 is 0. The number of rotatable bonds is 2. The van der Waals surface area contributed by atoms with Gasteiger partial charge in [0.15, 0.2) is 0 Å². The van der Waals surface area contributed by atoms with Gasteiger partial charge >= 0.3 is 0 Å². The average Bonchev–Trinajstić information content (AvgIpc) is 2.69. The lowest BCUT2D eigenvalue weighted by atomic mass is 10.1. The minimum atomic E-state index is 0.550. The zero-order valence-electron chi connectivity index (χ0n) is 11.8. The quantitative estimate of drug-likeness (QED) is 0.909. The Labute approximate surface area is 119 Å². The van der Waals surface area contributed by atoms with Crippen molar-refractivity contribution in [2.75, 3.05) is 17.2 Å². The molecule has 4 nitrogen and oxygen atoms in total. The van der Waals surface area contributed by atoms with Gasteiger partial charge in [0, 0.05) is 24.7 Å². The van der Waals surface area contributed by atoms with Crippen molar-refractivity contribution in [2.24, 2.45) is 0 Å². The highest BCUT2D eigenvalue weighted by Crippen LogP contribution is 2.31. The molecule has 0 amide bonds. The van der Waals surface area contributed by atoms with Crippen LogP contribution in [0.5, 0.6) is 0 Å².